The molecule has 25 heavy (non-hydrogen) atoms. The van der Waals surface area contributed by atoms with Crippen LogP contribution in [0.5, 0.6) is 0 Å². The Morgan fingerprint density at radius 2 is 1.84 bits per heavy atom. The predicted molar refractivity (Wildman–Crippen MR) is 98.6 cm³/mol. The van der Waals surface area contributed by atoms with Gasteiger partial charge in [-0.15, -0.1) is 0 Å². The Hall–Kier alpha value is -2.47. The van der Waals surface area contributed by atoms with Crippen LogP contribution in [0.3, 0.4) is 0 Å². The van der Waals surface area contributed by atoms with Crippen molar-refractivity contribution in [2.24, 2.45) is 0 Å². The summed E-state index contributed by atoms with van der Waals surface area (Å²) in [5, 5.41) is 2.82. The number of halogens is 1. The van der Waals surface area contributed by atoms with Gasteiger partial charge in [0.15, 0.2) is 0 Å². The number of imide groups is 1. The first-order valence-corrected chi connectivity index (χ1v) is 8.77. The lowest BCUT2D eigenvalue weighted by atomic mass is 10.1. The highest BCUT2D eigenvalue weighted by molar-refractivity contribution is 9.10. The van der Waals surface area contributed by atoms with Gasteiger partial charge in [0, 0.05) is 23.1 Å². The predicted octanol–water partition coefficient (Wildman–Crippen LogP) is 3.77. The number of hydrogen-bond acceptors (Lipinski definition) is 3. The number of rotatable bonds is 5. The summed E-state index contributed by atoms with van der Waals surface area (Å²) in [6.07, 6.45) is 0.662. The molecule has 1 heterocycles. The zero-order valence-electron chi connectivity index (χ0n) is 13.7. The number of amides is 3. The first-order chi connectivity index (χ1) is 12.0. The Morgan fingerprint density at radius 3 is 2.60 bits per heavy atom. The summed E-state index contributed by atoms with van der Waals surface area (Å²) in [5.41, 5.74) is 2.63. The summed E-state index contributed by atoms with van der Waals surface area (Å²) >= 11 is 3.31. The molecule has 0 saturated heterocycles. The molecule has 0 spiro atoms. The van der Waals surface area contributed by atoms with Gasteiger partial charge in [-0.1, -0.05) is 28.1 Å². The van der Waals surface area contributed by atoms with Crippen LogP contribution in [0.25, 0.3) is 0 Å². The summed E-state index contributed by atoms with van der Waals surface area (Å²) in [6.45, 7) is 2.18. The lowest BCUT2D eigenvalue weighted by Crippen LogP contribution is -2.31. The zero-order valence-corrected chi connectivity index (χ0v) is 15.3. The van der Waals surface area contributed by atoms with Gasteiger partial charge in [-0.3, -0.25) is 19.3 Å². The molecule has 0 saturated carbocycles. The van der Waals surface area contributed by atoms with Crippen LogP contribution in [-0.2, 0) is 4.79 Å². The number of fused-ring (bicyclic) bond motifs is 1. The number of nitrogens with one attached hydrogen (secondary N) is 1. The molecule has 1 aliphatic heterocycles. The third kappa shape index (κ3) is 3.79. The van der Waals surface area contributed by atoms with E-state index >= 15 is 0 Å². The van der Waals surface area contributed by atoms with Gasteiger partial charge in [0.1, 0.15) is 0 Å². The monoisotopic (exact) mass is 400 g/mol. The van der Waals surface area contributed by atoms with Crippen LogP contribution in [0.15, 0.2) is 46.9 Å². The van der Waals surface area contributed by atoms with Gasteiger partial charge in [0.2, 0.25) is 5.91 Å². The summed E-state index contributed by atoms with van der Waals surface area (Å²) in [7, 11) is 0. The van der Waals surface area contributed by atoms with Crippen molar-refractivity contribution in [3.63, 3.8) is 0 Å². The van der Waals surface area contributed by atoms with E-state index in [1.165, 1.54) is 4.90 Å². The van der Waals surface area contributed by atoms with E-state index in [9.17, 15) is 14.4 Å². The van der Waals surface area contributed by atoms with Gasteiger partial charge < -0.3 is 5.32 Å². The lowest BCUT2D eigenvalue weighted by molar-refractivity contribution is -0.116. The average Bonchev–Trinajstić information content (AvgIpc) is 2.79. The van der Waals surface area contributed by atoms with E-state index in [4.69, 9.17) is 0 Å². The molecule has 3 rings (SSSR count). The first kappa shape index (κ1) is 17.4. The molecule has 2 aromatic carbocycles. The van der Waals surface area contributed by atoms with Gasteiger partial charge in [0.25, 0.3) is 11.8 Å². The van der Waals surface area contributed by atoms with Crippen molar-refractivity contribution in [1.82, 2.24) is 4.90 Å². The van der Waals surface area contributed by atoms with E-state index in [1.807, 2.05) is 31.2 Å². The van der Waals surface area contributed by atoms with E-state index in [-0.39, 0.29) is 30.7 Å². The molecule has 3 amide bonds. The van der Waals surface area contributed by atoms with Crippen LogP contribution < -0.4 is 5.32 Å². The zero-order chi connectivity index (χ0) is 18.0. The van der Waals surface area contributed by atoms with Crippen molar-refractivity contribution >= 4 is 39.3 Å². The Labute approximate surface area is 154 Å². The molecule has 2 aromatic rings. The quantitative estimate of drug-likeness (QED) is 0.776. The molecule has 0 unspecified atom stereocenters. The maximum absolute atomic E-state index is 12.3. The molecule has 1 N–H and O–H groups in total. The number of aryl methyl sites for hydroxylation is 1. The van der Waals surface area contributed by atoms with Crippen LogP contribution in [0, 0.1) is 6.92 Å². The molecule has 6 heteroatoms. The van der Waals surface area contributed by atoms with E-state index in [1.54, 1.807) is 18.2 Å². The molecular formula is C19H17BrN2O3. The maximum Gasteiger partial charge on any atom is 0.261 e. The van der Waals surface area contributed by atoms with Crippen LogP contribution in [0.4, 0.5) is 5.69 Å². The Morgan fingerprint density at radius 1 is 1.08 bits per heavy atom. The van der Waals surface area contributed by atoms with E-state index in [0.717, 1.165) is 15.7 Å². The second-order valence-electron chi connectivity index (χ2n) is 5.97. The van der Waals surface area contributed by atoms with Crippen LogP contribution in [0.1, 0.15) is 39.1 Å². The van der Waals surface area contributed by atoms with Crippen molar-refractivity contribution in [1.29, 1.82) is 0 Å². The SMILES string of the molecule is Cc1cccc(NC(=O)CCCN2C(=O)c3ccc(Br)cc3C2=O)c1. The Bertz CT molecular complexity index is 863. The van der Waals surface area contributed by atoms with Gasteiger partial charge >= 0.3 is 0 Å². The topological polar surface area (TPSA) is 66.5 Å². The number of anilines is 1. The summed E-state index contributed by atoms with van der Waals surface area (Å²) < 4.78 is 0.756. The third-order valence-corrected chi connectivity index (χ3v) is 4.51. The molecular weight excluding hydrogens is 384 g/mol. The maximum atomic E-state index is 12.3. The number of nitrogens with zero attached hydrogens (tertiary/aromatic N) is 1. The summed E-state index contributed by atoms with van der Waals surface area (Å²) in [4.78, 5) is 37.9. The molecule has 128 valence electrons. The largest absolute Gasteiger partial charge is 0.326 e. The fraction of sp³-hybridized carbons (Fsp3) is 0.211. The minimum atomic E-state index is -0.305. The second kappa shape index (κ2) is 7.19. The van der Waals surface area contributed by atoms with Crippen molar-refractivity contribution in [3.05, 3.63) is 63.6 Å². The lowest BCUT2D eigenvalue weighted by Gasteiger charge is -2.13. The minimum Gasteiger partial charge on any atom is -0.326 e. The smallest absolute Gasteiger partial charge is 0.261 e. The van der Waals surface area contributed by atoms with E-state index in [2.05, 4.69) is 21.2 Å². The number of benzene rings is 2. The Balaban J connectivity index is 1.55. The van der Waals surface area contributed by atoms with E-state index < -0.39 is 0 Å². The minimum absolute atomic E-state index is 0.134. The molecule has 1 aliphatic rings. The summed E-state index contributed by atoms with van der Waals surface area (Å²) in [5.74, 6) is -0.739. The van der Waals surface area contributed by atoms with Crippen molar-refractivity contribution in [2.45, 2.75) is 19.8 Å². The molecule has 0 aliphatic carbocycles. The van der Waals surface area contributed by atoms with Crippen LogP contribution in [-0.4, -0.2) is 29.2 Å². The number of carbonyl (C=O) groups excluding carboxylic acids is 3. The van der Waals surface area contributed by atoms with Gasteiger partial charge in [-0.25, -0.2) is 0 Å². The van der Waals surface area contributed by atoms with Gasteiger partial charge in [-0.2, -0.15) is 0 Å². The highest BCUT2D eigenvalue weighted by Crippen LogP contribution is 2.26. The first-order valence-electron chi connectivity index (χ1n) is 7.98. The molecule has 0 bridgehead atoms. The second-order valence-corrected chi connectivity index (χ2v) is 6.89. The van der Waals surface area contributed by atoms with Crippen molar-refractivity contribution in [3.8, 4) is 0 Å². The molecule has 0 aromatic heterocycles. The molecule has 0 fully saturated rings. The van der Waals surface area contributed by atoms with E-state index in [0.29, 0.717) is 17.5 Å². The van der Waals surface area contributed by atoms with Crippen LogP contribution >= 0.6 is 15.9 Å². The molecule has 0 radical (unpaired) electrons. The standard InChI is InChI=1S/C19H17BrN2O3/c1-12-4-2-5-14(10-12)21-17(23)6-3-9-22-18(24)15-8-7-13(20)11-16(15)19(22)25/h2,4-5,7-8,10-11H,3,6,9H2,1H3,(H,21,23). The normalized spacial score (nSPS) is 13.1. The third-order valence-electron chi connectivity index (χ3n) is 4.02. The Kier molecular flexibility index (Phi) is 4.99. The average molecular weight is 401 g/mol. The highest BCUT2D eigenvalue weighted by Gasteiger charge is 2.35. The van der Waals surface area contributed by atoms with Crippen molar-refractivity contribution in [2.75, 3.05) is 11.9 Å². The van der Waals surface area contributed by atoms with Gasteiger partial charge in [-0.05, 0) is 49.2 Å². The van der Waals surface area contributed by atoms with Gasteiger partial charge in [0.05, 0.1) is 11.1 Å². The molecule has 0 atom stereocenters. The number of hydrogen-bond donors (Lipinski definition) is 1. The summed E-state index contributed by atoms with van der Waals surface area (Å²) in [6, 6.07) is 12.6. The number of carbonyl (C=O) groups is 3. The fourth-order valence-corrected chi connectivity index (χ4v) is 3.17. The van der Waals surface area contributed by atoms with Crippen LogP contribution in [0.2, 0.25) is 0 Å². The molecule has 5 nitrogen and oxygen atoms in total. The fourth-order valence-electron chi connectivity index (χ4n) is 2.81. The highest BCUT2D eigenvalue weighted by atomic mass is 79.9. The van der Waals surface area contributed by atoms with Crippen molar-refractivity contribution < 1.29 is 14.4 Å².